The maximum atomic E-state index is 12.5. The molecule has 1 atom stereocenters. The molecule has 2 amide bonds. The monoisotopic (exact) mass is 396 g/mol. The van der Waals surface area contributed by atoms with Gasteiger partial charge in [-0.25, -0.2) is 0 Å². The van der Waals surface area contributed by atoms with Gasteiger partial charge in [0.2, 0.25) is 11.8 Å². The molecule has 1 saturated heterocycles. The van der Waals surface area contributed by atoms with E-state index in [1.807, 2.05) is 19.1 Å². The summed E-state index contributed by atoms with van der Waals surface area (Å²) in [6.45, 7) is 2.19. The molecule has 0 unspecified atom stereocenters. The Bertz CT molecular complexity index is 854. The lowest BCUT2D eigenvalue weighted by Gasteiger charge is -2.17. The number of carbonyl (C=O) groups is 2. The van der Waals surface area contributed by atoms with E-state index in [0.717, 1.165) is 5.56 Å². The summed E-state index contributed by atoms with van der Waals surface area (Å²) in [5.41, 5.74) is 2.06. The first-order valence-electron chi connectivity index (χ1n) is 7.68. The standard InChI is InChI=1S/C18H15Cl3N2O2/c1-10-5-6-12(8-14(10)20)23-9-11(7-16(23)24)18(25)22-15-4-2-3-13(19)17(15)21/h2-6,8,11H,7,9H2,1H3,(H,22,25)/t11-/m0/s1. The summed E-state index contributed by atoms with van der Waals surface area (Å²) in [6, 6.07) is 10.4. The third kappa shape index (κ3) is 3.76. The average Bonchev–Trinajstić information content (AvgIpc) is 2.96. The Morgan fingerprint density at radius 2 is 1.92 bits per heavy atom. The minimum Gasteiger partial charge on any atom is -0.324 e. The van der Waals surface area contributed by atoms with Crippen molar-refractivity contribution in [3.8, 4) is 0 Å². The van der Waals surface area contributed by atoms with Crippen LogP contribution in [-0.2, 0) is 9.59 Å². The molecule has 1 fully saturated rings. The van der Waals surface area contributed by atoms with Crippen molar-refractivity contribution in [2.45, 2.75) is 13.3 Å². The highest BCUT2D eigenvalue weighted by Crippen LogP contribution is 2.32. The Labute approximate surface area is 160 Å². The summed E-state index contributed by atoms with van der Waals surface area (Å²) in [7, 11) is 0. The molecule has 25 heavy (non-hydrogen) atoms. The molecule has 1 aliphatic heterocycles. The number of nitrogens with one attached hydrogen (secondary N) is 1. The summed E-state index contributed by atoms with van der Waals surface area (Å²) in [6.07, 6.45) is 0.134. The minimum atomic E-state index is -0.470. The topological polar surface area (TPSA) is 49.4 Å². The SMILES string of the molecule is Cc1ccc(N2C[C@@H](C(=O)Nc3cccc(Cl)c3Cl)CC2=O)cc1Cl. The molecule has 4 nitrogen and oxygen atoms in total. The quantitative estimate of drug-likeness (QED) is 0.797. The van der Waals surface area contributed by atoms with Gasteiger partial charge in [0.15, 0.2) is 0 Å². The van der Waals surface area contributed by atoms with Gasteiger partial charge in [0.25, 0.3) is 0 Å². The molecule has 1 aliphatic rings. The lowest BCUT2D eigenvalue weighted by atomic mass is 10.1. The fraction of sp³-hybridized carbons (Fsp3) is 0.222. The van der Waals surface area contributed by atoms with Gasteiger partial charge in [-0.15, -0.1) is 0 Å². The number of benzene rings is 2. The Balaban J connectivity index is 1.74. The molecule has 2 aromatic carbocycles. The molecule has 1 N–H and O–H groups in total. The molecule has 0 spiro atoms. The predicted octanol–water partition coefficient (Wildman–Crippen LogP) is 4.95. The van der Waals surface area contributed by atoms with Crippen LogP contribution in [0.25, 0.3) is 0 Å². The second-order valence-electron chi connectivity index (χ2n) is 5.93. The average molecular weight is 398 g/mol. The first-order valence-corrected chi connectivity index (χ1v) is 8.81. The van der Waals surface area contributed by atoms with Gasteiger partial charge in [0, 0.05) is 23.7 Å². The van der Waals surface area contributed by atoms with Crippen LogP contribution in [0.4, 0.5) is 11.4 Å². The Hall–Kier alpha value is -1.75. The molecule has 3 rings (SSSR count). The second-order valence-corrected chi connectivity index (χ2v) is 7.12. The third-order valence-corrected chi connectivity index (χ3v) is 5.40. The first-order chi connectivity index (χ1) is 11.9. The number of halogens is 3. The molecule has 0 saturated carbocycles. The van der Waals surface area contributed by atoms with E-state index < -0.39 is 5.92 Å². The largest absolute Gasteiger partial charge is 0.324 e. The molecule has 2 aromatic rings. The molecule has 0 aromatic heterocycles. The highest BCUT2D eigenvalue weighted by molar-refractivity contribution is 6.44. The van der Waals surface area contributed by atoms with Gasteiger partial charge in [0.05, 0.1) is 21.7 Å². The number of rotatable bonds is 3. The zero-order chi connectivity index (χ0) is 18.1. The minimum absolute atomic E-state index is 0.114. The highest BCUT2D eigenvalue weighted by Gasteiger charge is 2.35. The third-order valence-electron chi connectivity index (χ3n) is 4.17. The molecular weight excluding hydrogens is 383 g/mol. The Morgan fingerprint density at radius 3 is 2.64 bits per heavy atom. The number of amides is 2. The van der Waals surface area contributed by atoms with Gasteiger partial charge in [-0.05, 0) is 36.8 Å². The normalized spacial score (nSPS) is 17.0. The van der Waals surface area contributed by atoms with Crippen LogP contribution in [0.1, 0.15) is 12.0 Å². The van der Waals surface area contributed by atoms with Crippen molar-refractivity contribution in [3.05, 3.63) is 57.0 Å². The molecule has 7 heteroatoms. The summed E-state index contributed by atoms with van der Waals surface area (Å²) in [5, 5.41) is 3.97. The first kappa shape index (κ1) is 18.1. The van der Waals surface area contributed by atoms with Crippen LogP contribution in [0, 0.1) is 12.8 Å². The van der Waals surface area contributed by atoms with Gasteiger partial charge < -0.3 is 10.2 Å². The fourth-order valence-electron chi connectivity index (χ4n) is 2.72. The summed E-state index contributed by atoms with van der Waals surface area (Å²) in [5.74, 6) is -0.849. The van der Waals surface area contributed by atoms with E-state index in [2.05, 4.69) is 5.32 Å². The van der Waals surface area contributed by atoms with Crippen molar-refractivity contribution < 1.29 is 9.59 Å². The molecule has 130 valence electrons. The molecule has 0 bridgehead atoms. The van der Waals surface area contributed by atoms with Crippen LogP contribution in [0.5, 0.6) is 0 Å². The number of hydrogen-bond acceptors (Lipinski definition) is 2. The van der Waals surface area contributed by atoms with Gasteiger partial charge >= 0.3 is 0 Å². The Morgan fingerprint density at radius 1 is 1.16 bits per heavy atom. The van der Waals surface area contributed by atoms with Crippen molar-refractivity contribution in [1.82, 2.24) is 0 Å². The van der Waals surface area contributed by atoms with Crippen LogP contribution >= 0.6 is 34.8 Å². The van der Waals surface area contributed by atoms with E-state index >= 15 is 0 Å². The van der Waals surface area contributed by atoms with E-state index in [1.54, 1.807) is 29.2 Å². The van der Waals surface area contributed by atoms with Crippen molar-refractivity contribution in [1.29, 1.82) is 0 Å². The molecule has 1 heterocycles. The number of carbonyl (C=O) groups excluding carboxylic acids is 2. The predicted molar refractivity (Wildman–Crippen MR) is 102 cm³/mol. The fourth-order valence-corrected chi connectivity index (χ4v) is 3.24. The van der Waals surface area contributed by atoms with Gasteiger partial charge in [-0.2, -0.15) is 0 Å². The van der Waals surface area contributed by atoms with Gasteiger partial charge in [-0.1, -0.05) is 46.9 Å². The van der Waals surface area contributed by atoms with Crippen LogP contribution in [0.15, 0.2) is 36.4 Å². The zero-order valence-corrected chi connectivity index (χ0v) is 15.6. The lowest BCUT2D eigenvalue weighted by molar-refractivity contribution is -0.122. The Kier molecular flexibility index (Phi) is 5.23. The van der Waals surface area contributed by atoms with Crippen LogP contribution in [0.3, 0.4) is 0 Å². The molecule has 0 aliphatic carbocycles. The van der Waals surface area contributed by atoms with Crippen molar-refractivity contribution in [2.24, 2.45) is 5.92 Å². The summed E-state index contributed by atoms with van der Waals surface area (Å²) in [4.78, 5) is 26.4. The lowest BCUT2D eigenvalue weighted by Crippen LogP contribution is -2.28. The van der Waals surface area contributed by atoms with E-state index in [4.69, 9.17) is 34.8 Å². The van der Waals surface area contributed by atoms with Crippen LogP contribution < -0.4 is 10.2 Å². The second kappa shape index (κ2) is 7.24. The van der Waals surface area contributed by atoms with E-state index in [1.165, 1.54) is 0 Å². The van der Waals surface area contributed by atoms with Crippen molar-refractivity contribution >= 4 is 58.0 Å². The molecular formula is C18H15Cl3N2O2. The van der Waals surface area contributed by atoms with Crippen LogP contribution in [-0.4, -0.2) is 18.4 Å². The van der Waals surface area contributed by atoms with E-state index in [0.29, 0.717) is 28.0 Å². The molecule has 0 radical (unpaired) electrons. The maximum Gasteiger partial charge on any atom is 0.229 e. The number of nitrogens with zero attached hydrogens (tertiary/aromatic N) is 1. The van der Waals surface area contributed by atoms with Crippen LogP contribution in [0.2, 0.25) is 15.1 Å². The highest BCUT2D eigenvalue weighted by atomic mass is 35.5. The summed E-state index contributed by atoms with van der Waals surface area (Å²) >= 11 is 18.2. The number of hydrogen-bond donors (Lipinski definition) is 1. The maximum absolute atomic E-state index is 12.5. The van der Waals surface area contributed by atoms with Crippen molar-refractivity contribution in [2.75, 3.05) is 16.8 Å². The smallest absolute Gasteiger partial charge is 0.229 e. The van der Waals surface area contributed by atoms with Gasteiger partial charge in [0.1, 0.15) is 0 Å². The van der Waals surface area contributed by atoms with Gasteiger partial charge in [-0.3, -0.25) is 9.59 Å². The van der Waals surface area contributed by atoms with E-state index in [-0.39, 0.29) is 23.3 Å². The number of anilines is 2. The zero-order valence-electron chi connectivity index (χ0n) is 13.4. The summed E-state index contributed by atoms with van der Waals surface area (Å²) < 4.78 is 0. The van der Waals surface area contributed by atoms with Crippen molar-refractivity contribution in [3.63, 3.8) is 0 Å². The van der Waals surface area contributed by atoms with E-state index in [9.17, 15) is 9.59 Å². The number of aryl methyl sites for hydroxylation is 1.